The molecule has 0 saturated heterocycles. The van der Waals surface area contributed by atoms with Crippen molar-refractivity contribution in [3.63, 3.8) is 0 Å². The molecule has 0 bridgehead atoms. The minimum atomic E-state index is -3.60. The SMILES string of the molecule is C[C@H](CN)NS(=O)(=O)c1ccc(Br)cc1Cl.Cl. The fourth-order valence-corrected chi connectivity index (χ4v) is 3.36. The van der Waals surface area contributed by atoms with Crippen LogP contribution in [0.25, 0.3) is 0 Å². The van der Waals surface area contributed by atoms with Gasteiger partial charge in [-0.2, -0.15) is 0 Å². The molecule has 0 unspecified atom stereocenters. The van der Waals surface area contributed by atoms with Gasteiger partial charge in [-0.25, -0.2) is 13.1 Å². The molecule has 0 aliphatic carbocycles. The molecule has 0 fully saturated rings. The van der Waals surface area contributed by atoms with Crippen LogP contribution in [-0.4, -0.2) is 21.0 Å². The van der Waals surface area contributed by atoms with Crippen molar-refractivity contribution in [3.05, 3.63) is 27.7 Å². The van der Waals surface area contributed by atoms with Crippen LogP contribution >= 0.6 is 39.9 Å². The van der Waals surface area contributed by atoms with Crippen LogP contribution in [0.3, 0.4) is 0 Å². The van der Waals surface area contributed by atoms with E-state index in [4.69, 9.17) is 17.3 Å². The normalized spacial score (nSPS) is 12.9. The summed E-state index contributed by atoms with van der Waals surface area (Å²) in [5.41, 5.74) is 5.35. The molecule has 1 rings (SSSR count). The average molecular weight is 364 g/mol. The van der Waals surface area contributed by atoms with E-state index in [9.17, 15) is 8.42 Å². The van der Waals surface area contributed by atoms with E-state index in [0.717, 1.165) is 4.47 Å². The lowest BCUT2D eigenvalue weighted by Gasteiger charge is -2.12. The van der Waals surface area contributed by atoms with Crippen LogP contribution in [0.5, 0.6) is 0 Å². The van der Waals surface area contributed by atoms with E-state index in [-0.39, 0.29) is 34.9 Å². The van der Waals surface area contributed by atoms with E-state index < -0.39 is 10.0 Å². The lowest BCUT2D eigenvalue weighted by Crippen LogP contribution is -2.37. The second-order valence-corrected chi connectivity index (χ2v) is 6.34. The van der Waals surface area contributed by atoms with Crippen molar-refractivity contribution < 1.29 is 8.42 Å². The number of sulfonamides is 1. The molecule has 17 heavy (non-hydrogen) atoms. The second-order valence-electron chi connectivity index (χ2n) is 3.33. The highest BCUT2D eigenvalue weighted by Gasteiger charge is 2.19. The third-order valence-corrected chi connectivity index (χ3v) is 4.46. The number of nitrogens with two attached hydrogens (primary N) is 1. The molecular formula is C9H13BrCl2N2O2S. The molecule has 4 nitrogen and oxygen atoms in total. The topological polar surface area (TPSA) is 72.2 Å². The summed E-state index contributed by atoms with van der Waals surface area (Å²) in [5.74, 6) is 0. The molecular weight excluding hydrogens is 351 g/mol. The van der Waals surface area contributed by atoms with Gasteiger partial charge in [0.1, 0.15) is 4.90 Å². The number of rotatable bonds is 4. The Bertz CT molecular complexity index is 482. The maximum atomic E-state index is 11.9. The minimum Gasteiger partial charge on any atom is -0.329 e. The van der Waals surface area contributed by atoms with Crippen molar-refractivity contribution in [2.45, 2.75) is 17.9 Å². The van der Waals surface area contributed by atoms with E-state index >= 15 is 0 Å². The van der Waals surface area contributed by atoms with Crippen LogP contribution in [-0.2, 0) is 10.0 Å². The van der Waals surface area contributed by atoms with E-state index in [0.29, 0.717) is 0 Å². The lowest BCUT2D eigenvalue weighted by molar-refractivity contribution is 0.563. The van der Waals surface area contributed by atoms with Crippen molar-refractivity contribution in [1.82, 2.24) is 4.72 Å². The van der Waals surface area contributed by atoms with Crippen molar-refractivity contribution in [1.29, 1.82) is 0 Å². The fraction of sp³-hybridized carbons (Fsp3) is 0.333. The van der Waals surface area contributed by atoms with Gasteiger partial charge in [-0.3, -0.25) is 0 Å². The summed E-state index contributed by atoms with van der Waals surface area (Å²) in [6.45, 7) is 1.91. The predicted molar refractivity (Wildman–Crippen MR) is 75.2 cm³/mol. The molecule has 1 aromatic rings. The van der Waals surface area contributed by atoms with Gasteiger partial charge in [0.2, 0.25) is 10.0 Å². The standard InChI is InChI=1S/C9H12BrClN2O2S.ClH/c1-6(5-12)13-16(14,15)9-3-2-7(10)4-8(9)11;/h2-4,6,13H,5,12H2,1H3;1H/t6-;/m1./s1. The summed E-state index contributed by atoms with van der Waals surface area (Å²) < 4.78 is 26.9. The molecule has 0 saturated carbocycles. The molecule has 3 N–H and O–H groups in total. The quantitative estimate of drug-likeness (QED) is 0.860. The summed E-state index contributed by atoms with van der Waals surface area (Å²) in [5, 5.41) is 0.172. The zero-order chi connectivity index (χ0) is 12.3. The van der Waals surface area contributed by atoms with Gasteiger partial charge in [0.15, 0.2) is 0 Å². The van der Waals surface area contributed by atoms with Gasteiger partial charge in [0.05, 0.1) is 5.02 Å². The van der Waals surface area contributed by atoms with Crippen LogP contribution < -0.4 is 10.5 Å². The first-order chi connectivity index (χ1) is 7.36. The maximum absolute atomic E-state index is 11.9. The van der Waals surface area contributed by atoms with E-state index in [2.05, 4.69) is 20.7 Å². The monoisotopic (exact) mass is 362 g/mol. The third-order valence-electron chi connectivity index (χ3n) is 1.89. The Morgan fingerprint density at radius 2 is 2.12 bits per heavy atom. The lowest BCUT2D eigenvalue weighted by atomic mass is 10.4. The van der Waals surface area contributed by atoms with E-state index in [1.54, 1.807) is 13.0 Å². The summed E-state index contributed by atoms with van der Waals surface area (Å²) in [6, 6.07) is 4.26. The van der Waals surface area contributed by atoms with Crippen molar-refractivity contribution in [2.75, 3.05) is 6.54 Å². The first kappa shape index (κ1) is 17.2. The molecule has 0 aromatic heterocycles. The van der Waals surface area contributed by atoms with Gasteiger partial charge in [-0.1, -0.05) is 27.5 Å². The van der Waals surface area contributed by atoms with Gasteiger partial charge in [0.25, 0.3) is 0 Å². The molecule has 0 radical (unpaired) electrons. The number of halogens is 3. The molecule has 1 atom stereocenters. The number of hydrogen-bond acceptors (Lipinski definition) is 3. The van der Waals surface area contributed by atoms with Gasteiger partial charge in [-0.15, -0.1) is 12.4 Å². The molecule has 98 valence electrons. The Kier molecular flexibility index (Phi) is 6.98. The summed E-state index contributed by atoms with van der Waals surface area (Å²) in [7, 11) is -3.60. The minimum absolute atomic E-state index is 0. The Hall–Kier alpha value is 0.150. The van der Waals surface area contributed by atoms with Crippen LogP contribution in [0.2, 0.25) is 5.02 Å². The molecule has 8 heteroatoms. The Labute approximate surface area is 121 Å². The number of hydrogen-bond donors (Lipinski definition) is 2. The molecule has 0 spiro atoms. The van der Waals surface area contributed by atoms with Gasteiger partial charge >= 0.3 is 0 Å². The van der Waals surface area contributed by atoms with Crippen molar-refractivity contribution >= 4 is 50.0 Å². The summed E-state index contributed by atoms with van der Waals surface area (Å²) in [4.78, 5) is 0.0534. The average Bonchev–Trinajstić information content (AvgIpc) is 2.16. The van der Waals surface area contributed by atoms with Crippen LogP contribution in [0.4, 0.5) is 0 Å². The van der Waals surface area contributed by atoms with Gasteiger partial charge in [0, 0.05) is 17.1 Å². The van der Waals surface area contributed by atoms with Crippen LogP contribution in [0.1, 0.15) is 6.92 Å². The highest BCUT2D eigenvalue weighted by atomic mass is 79.9. The molecule has 0 heterocycles. The van der Waals surface area contributed by atoms with Crippen molar-refractivity contribution in [3.8, 4) is 0 Å². The molecule has 0 aliphatic heterocycles. The van der Waals surface area contributed by atoms with Crippen LogP contribution in [0.15, 0.2) is 27.6 Å². The highest BCUT2D eigenvalue weighted by molar-refractivity contribution is 9.10. The van der Waals surface area contributed by atoms with E-state index in [1.165, 1.54) is 12.1 Å². The number of benzene rings is 1. The fourth-order valence-electron chi connectivity index (χ4n) is 1.07. The van der Waals surface area contributed by atoms with Gasteiger partial charge < -0.3 is 5.73 Å². The third kappa shape index (κ3) is 4.73. The highest BCUT2D eigenvalue weighted by Crippen LogP contribution is 2.25. The maximum Gasteiger partial charge on any atom is 0.242 e. The smallest absolute Gasteiger partial charge is 0.242 e. The molecule has 0 aliphatic rings. The molecule has 1 aromatic carbocycles. The van der Waals surface area contributed by atoms with Crippen molar-refractivity contribution in [2.24, 2.45) is 5.73 Å². The predicted octanol–water partition coefficient (Wildman–Crippen LogP) is 2.15. The first-order valence-corrected chi connectivity index (χ1v) is 7.19. The largest absolute Gasteiger partial charge is 0.329 e. The van der Waals surface area contributed by atoms with Gasteiger partial charge in [-0.05, 0) is 25.1 Å². The first-order valence-electron chi connectivity index (χ1n) is 4.54. The zero-order valence-corrected chi connectivity index (χ0v) is 13.0. The Balaban J connectivity index is 0.00000256. The summed E-state index contributed by atoms with van der Waals surface area (Å²) in [6.07, 6.45) is 0. The zero-order valence-electron chi connectivity index (χ0n) is 8.98. The summed E-state index contributed by atoms with van der Waals surface area (Å²) >= 11 is 9.07. The second kappa shape index (κ2) is 6.92. The Morgan fingerprint density at radius 3 is 2.59 bits per heavy atom. The Morgan fingerprint density at radius 1 is 1.53 bits per heavy atom. The van der Waals surface area contributed by atoms with E-state index in [1.807, 2.05) is 0 Å². The number of nitrogens with one attached hydrogen (secondary N) is 1. The molecule has 0 amide bonds. The van der Waals surface area contributed by atoms with Crippen LogP contribution in [0, 0.1) is 0 Å².